The van der Waals surface area contributed by atoms with E-state index in [2.05, 4.69) is 15.4 Å². The minimum absolute atomic E-state index is 0.0958. The molecule has 5 aliphatic rings. The van der Waals surface area contributed by atoms with Gasteiger partial charge in [-0.25, -0.2) is 63.1 Å². The highest BCUT2D eigenvalue weighted by Crippen LogP contribution is 2.60. The highest BCUT2D eigenvalue weighted by Gasteiger charge is 2.61. The third-order valence-corrected chi connectivity index (χ3v) is 10.8. The number of nitrogens with one attached hydrogen (secondary N) is 2. The van der Waals surface area contributed by atoms with Crippen molar-refractivity contribution in [2.75, 3.05) is 47.4 Å². The first-order chi connectivity index (χ1) is 30.1. The largest absolute Gasteiger partial charge is 0.466 e. The van der Waals surface area contributed by atoms with Crippen LogP contribution in [-0.4, -0.2) is 89.1 Å². The first-order valence-corrected chi connectivity index (χ1v) is 19.1. The van der Waals surface area contributed by atoms with Gasteiger partial charge in [0.2, 0.25) is 0 Å². The molecule has 12 nitrogen and oxygen atoms in total. The van der Waals surface area contributed by atoms with Gasteiger partial charge in [0.15, 0.2) is 0 Å². The summed E-state index contributed by atoms with van der Waals surface area (Å²) < 4.78 is 166. The average molecular weight is 919 g/mol. The Bertz CT molecular complexity index is 2460. The summed E-state index contributed by atoms with van der Waals surface area (Å²) in [6.45, 7) is -1.11. The van der Waals surface area contributed by atoms with Gasteiger partial charge in [0, 0.05) is 43.0 Å². The average Bonchev–Trinajstić information content (AvgIpc) is 4.02. The Morgan fingerprint density at radius 1 is 0.703 bits per heavy atom. The predicted octanol–water partition coefficient (Wildman–Crippen LogP) is 6.53. The molecular weight excluding hydrogens is 882 g/mol. The van der Waals surface area contributed by atoms with Crippen molar-refractivity contribution in [1.29, 1.82) is 0 Å². The second-order valence-electron chi connectivity index (χ2n) is 14.8. The van der Waals surface area contributed by atoms with Gasteiger partial charge < -0.3 is 34.3 Å². The van der Waals surface area contributed by atoms with E-state index in [0.29, 0.717) is 18.2 Å². The van der Waals surface area contributed by atoms with Crippen molar-refractivity contribution < 1.29 is 91.6 Å². The Morgan fingerprint density at radius 3 is 1.59 bits per heavy atom. The lowest BCUT2D eigenvalue weighted by atomic mass is 9.77. The minimum Gasteiger partial charge on any atom is -0.466 e. The van der Waals surface area contributed by atoms with Crippen LogP contribution >= 0.6 is 0 Å². The first kappa shape index (κ1) is 47.1. The molecule has 0 radical (unpaired) electrons. The van der Waals surface area contributed by atoms with E-state index in [-0.39, 0.29) is 41.4 Å². The Balaban J connectivity index is 0.000000216. The number of hydrogen-bond acceptors (Lipinski definition) is 12. The molecule has 344 valence electrons. The van der Waals surface area contributed by atoms with E-state index >= 15 is 0 Å². The number of rotatable bonds is 12. The summed E-state index contributed by atoms with van der Waals surface area (Å²) in [6.07, 6.45) is -1.42. The zero-order valence-electron chi connectivity index (χ0n) is 33.9. The number of carbonyl (C=O) groups is 5. The van der Waals surface area contributed by atoms with E-state index in [1.165, 1.54) is 6.92 Å². The van der Waals surface area contributed by atoms with Crippen LogP contribution < -0.4 is 10.6 Å². The summed E-state index contributed by atoms with van der Waals surface area (Å²) in [5.41, 5.74) is -4.58. The molecule has 22 heteroatoms. The molecule has 0 amide bonds. The highest BCUT2D eigenvalue weighted by molar-refractivity contribution is 6.02. The maximum Gasteiger partial charge on any atom is 0.337 e. The van der Waals surface area contributed by atoms with Crippen LogP contribution in [0, 0.1) is 23.3 Å². The maximum atomic E-state index is 14.9. The summed E-state index contributed by atoms with van der Waals surface area (Å²) >= 11 is 0. The van der Waals surface area contributed by atoms with E-state index < -0.39 is 161 Å². The zero-order valence-corrected chi connectivity index (χ0v) is 33.9. The van der Waals surface area contributed by atoms with Gasteiger partial charge >= 0.3 is 29.8 Å². The fourth-order valence-corrected chi connectivity index (χ4v) is 7.94. The SMILES string of the molecule is CCOC(=O)C1=C(COC(C)=O)NC(CF)=C(C(=O)OC)C1c1cc(F)cc(F)c1C1CC1(F)F.COC(=O)C1=C(CF)NC2=C(C(=O)OC2)C1c1cc(F)cc(F)c1C1CC1(F)F. The number of halogens is 10. The van der Waals surface area contributed by atoms with Gasteiger partial charge in [0.05, 0.1) is 89.6 Å². The highest BCUT2D eigenvalue weighted by atomic mass is 19.3. The summed E-state index contributed by atoms with van der Waals surface area (Å²) in [7, 11) is 1.95. The fraction of sp³-hybridized carbons (Fsp3) is 0.405. The number of alkyl halides is 6. The molecule has 4 unspecified atom stereocenters. The number of cyclic esters (lactones) is 1. The molecule has 3 heterocycles. The molecule has 2 aliphatic carbocycles. The zero-order chi connectivity index (χ0) is 47.2. The van der Waals surface area contributed by atoms with Gasteiger partial charge in [-0.15, -0.1) is 0 Å². The monoisotopic (exact) mass is 918 g/mol. The molecule has 0 saturated heterocycles. The number of allylic oxidation sites excluding steroid dienone is 2. The second kappa shape index (κ2) is 18.0. The molecular formula is C42H36F10N2O10. The number of hydrogen-bond donors (Lipinski definition) is 2. The lowest BCUT2D eigenvalue weighted by Crippen LogP contribution is -2.36. The Kier molecular flexibility index (Phi) is 13.3. The number of esters is 5. The second-order valence-corrected chi connectivity index (χ2v) is 14.8. The molecule has 0 bridgehead atoms. The fourth-order valence-electron chi connectivity index (χ4n) is 7.94. The van der Waals surface area contributed by atoms with E-state index in [9.17, 15) is 67.9 Å². The van der Waals surface area contributed by atoms with Gasteiger partial charge in [-0.3, -0.25) is 4.79 Å². The van der Waals surface area contributed by atoms with Gasteiger partial charge in [0.25, 0.3) is 11.8 Å². The third kappa shape index (κ3) is 8.90. The van der Waals surface area contributed by atoms with Crippen LogP contribution in [0.5, 0.6) is 0 Å². The molecule has 2 aromatic carbocycles. The predicted molar refractivity (Wildman–Crippen MR) is 197 cm³/mol. The summed E-state index contributed by atoms with van der Waals surface area (Å²) in [5, 5.41) is 5.06. The van der Waals surface area contributed by atoms with Crippen LogP contribution in [0.15, 0.2) is 69.3 Å². The van der Waals surface area contributed by atoms with Crippen molar-refractivity contribution in [1.82, 2.24) is 10.6 Å². The Hall–Kier alpha value is -6.35. The van der Waals surface area contributed by atoms with E-state index in [0.717, 1.165) is 27.2 Å². The van der Waals surface area contributed by atoms with Crippen molar-refractivity contribution in [3.63, 3.8) is 0 Å². The number of methoxy groups -OCH3 is 2. The van der Waals surface area contributed by atoms with Crippen LogP contribution in [-0.2, 0) is 47.7 Å². The van der Waals surface area contributed by atoms with E-state index in [4.69, 9.17) is 18.9 Å². The van der Waals surface area contributed by atoms with Crippen LogP contribution in [0.2, 0.25) is 0 Å². The summed E-state index contributed by atoms with van der Waals surface area (Å²) in [5.74, 6) is -22.9. The minimum atomic E-state index is -3.31. The topological polar surface area (TPSA) is 156 Å². The third-order valence-electron chi connectivity index (χ3n) is 10.8. The number of carbonyl (C=O) groups excluding carboxylic acids is 5. The van der Waals surface area contributed by atoms with Gasteiger partial charge in [0.1, 0.15) is 49.8 Å². The smallest absolute Gasteiger partial charge is 0.337 e. The molecule has 2 fully saturated rings. The van der Waals surface area contributed by atoms with Crippen molar-refractivity contribution >= 4 is 29.8 Å². The molecule has 2 N–H and O–H groups in total. The first-order valence-electron chi connectivity index (χ1n) is 19.1. The van der Waals surface area contributed by atoms with Crippen molar-refractivity contribution in [3.05, 3.63) is 115 Å². The van der Waals surface area contributed by atoms with Crippen molar-refractivity contribution in [2.24, 2.45) is 0 Å². The van der Waals surface area contributed by atoms with Crippen LogP contribution in [0.4, 0.5) is 43.9 Å². The molecule has 7 rings (SSSR count). The lowest BCUT2D eigenvalue weighted by molar-refractivity contribution is -0.142. The number of benzene rings is 2. The summed E-state index contributed by atoms with van der Waals surface area (Å²) in [6, 6.07) is 2.33. The normalized spacial score (nSPS) is 22.6. The number of ether oxygens (including phenoxy) is 5. The molecule has 3 aliphatic heterocycles. The molecule has 4 atom stereocenters. The molecule has 0 aromatic heterocycles. The molecule has 2 saturated carbocycles. The van der Waals surface area contributed by atoms with Crippen molar-refractivity contribution in [3.8, 4) is 0 Å². The molecule has 2 aromatic rings. The summed E-state index contributed by atoms with van der Waals surface area (Å²) in [4.78, 5) is 61.9. The Labute approximate surface area is 356 Å². The molecule has 64 heavy (non-hydrogen) atoms. The maximum absolute atomic E-state index is 14.9. The van der Waals surface area contributed by atoms with Crippen LogP contribution in [0.3, 0.4) is 0 Å². The van der Waals surface area contributed by atoms with E-state index in [1.54, 1.807) is 0 Å². The Morgan fingerprint density at radius 2 is 1.16 bits per heavy atom. The quantitative estimate of drug-likeness (QED) is 0.135. The van der Waals surface area contributed by atoms with Gasteiger partial charge in [-0.2, -0.15) is 0 Å². The lowest BCUT2D eigenvalue weighted by Gasteiger charge is -2.32. The van der Waals surface area contributed by atoms with Crippen molar-refractivity contribution in [2.45, 2.75) is 62.2 Å². The van der Waals surface area contributed by atoms with Crippen LogP contribution in [0.1, 0.15) is 72.6 Å². The number of dihydropyridines is 2. The standard InChI is InChI=1S/C23H22F5NO6.C19H14F5NO4/c1-4-34-22(32)20-16(9-35-10(2)30)29-15(8-24)19(21(31)33-3)18(20)12-5-11(25)6-14(26)17(12)13-7-23(13,27)28;1-28-17(26)15-11(5-20)25-12-6-29-18(27)16(12)14(15)8-2-7(21)3-10(22)13(8)9-4-19(9,23)24/h5-6,13,18,29H,4,7-9H2,1-3H3;2-3,9,14,25H,4-6H2,1H3. The molecule has 0 spiro atoms. The van der Waals surface area contributed by atoms with Crippen LogP contribution in [0.25, 0.3) is 0 Å². The van der Waals surface area contributed by atoms with Gasteiger partial charge in [-0.1, -0.05) is 0 Å². The van der Waals surface area contributed by atoms with Gasteiger partial charge in [-0.05, 0) is 30.2 Å². The van der Waals surface area contributed by atoms with E-state index in [1.807, 2.05) is 0 Å².